The van der Waals surface area contributed by atoms with Crippen LogP contribution in [0.2, 0.25) is 0 Å². The molecule has 168 valence electrons. The summed E-state index contributed by atoms with van der Waals surface area (Å²) in [6.45, 7) is 10.1. The van der Waals surface area contributed by atoms with Crippen LogP contribution in [0.25, 0.3) is 10.4 Å². The third-order valence-electron chi connectivity index (χ3n) is 4.92. The van der Waals surface area contributed by atoms with Crippen molar-refractivity contribution in [2.24, 2.45) is 0 Å². The summed E-state index contributed by atoms with van der Waals surface area (Å²) >= 11 is 1.34. The van der Waals surface area contributed by atoms with Crippen LogP contribution in [0.1, 0.15) is 50.5 Å². The second kappa shape index (κ2) is 10.0. The molecule has 0 saturated carbocycles. The molecule has 0 fully saturated rings. The molecule has 0 radical (unpaired) electrons. The van der Waals surface area contributed by atoms with Crippen molar-refractivity contribution in [1.82, 2.24) is 0 Å². The number of esters is 1. The first-order valence-electron chi connectivity index (χ1n) is 10.6. The topological polar surface area (TPSA) is 64.6 Å². The van der Waals surface area contributed by atoms with Gasteiger partial charge in [0.2, 0.25) is 0 Å². The van der Waals surface area contributed by atoms with Crippen LogP contribution in [0.15, 0.2) is 60.7 Å². The number of anilines is 1. The van der Waals surface area contributed by atoms with Gasteiger partial charge in [0.15, 0.2) is 6.10 Å². The Bertz CT molecular complexity index is 1070. The molecule has 1 aromatic heterocycles. The molecule has 0 aliphatic heterocycles. The van der Waals surface area contributed by atoms with Crippen LogP contribution in [0.3, 0.4) is 0 Å². The number of benzene rings is 2. The van der Waals surface area contributed by atoms with E-state index in [2.05, 4.69) is 26.1 Å². The van der Waals surface area contributed by atoms with Gasteiger partial charge >= 0.3 is 5.97 Å². The van der Waals surface area contributed by atoms with Gasteiger partial charge in [0.1, 0.15) is 10.8 Å². The summed E-state index contributed by atoms with van der Waals surface area (Å²) < 4.78 is 11.0. The van der Waals surface area contributed by atoms with Crippen LogP contribution >= 0.6 is 11.3 Å². The zero-order valence-corrected chi connectivity index (χ0v) is 19.9. The molecule has 32 heavy (non-hydrogen) atoms. The molecule has 1 N–H and O–H groups in total. The molecule has 1 atom stereocenters. The molecule has 0 spiro atoms. The first kappa shape index (κ1) is 23.5. The van der Waals surface area contributed by atoms with Crippen molar-refractivity contribution in [2.75, 3.05) is 11.9 Å². The van der Waals surface area contributed by atoms with E-state index in [1.165, 1.54) is 16.9 Å². The number of hydrogen-bond donors (Lipinski definition) is 1. The van der Waals surface area contributed by atoms with Crippen molar-refractivity contribution in [3.05, 3.63) is 71.8 Å². The SMILES string of the molecule is CCOC(=O)c1cc(-c2ccccc2)sc1NC(=O)C(C)Oc1ccc(C(C)(C)C)cc1. The molecule has 3 rings (SSSR count). The first-order chi connectivity index (χ1) is 15.2. The van der Waals surface area contributed by atoms with Crippen LogP contribution in [0, 0.1) is 0 Å². The van der Waals surface area contributed by atoms with E-state index < -0.39 is 12.1 Å². The standard InChI is InChI=1S/C26H29NO4S/c1-6-30-25(29)21-16-22(18-10-8-7-9-11-18)32-24(21)27-23(28)17(2)31-20-14-12-19(13-15-20)26(3,4)5/h7-17H,6H2,1-5H3,(H,27,28). The number of ether oxygens (including phenoxy) is 2. The zero-order chi connectivity index (χ0) is 23.3. The summed E-state index contributed by atoms with van der Waals surface area (Å²) in [5.41, 5.74) is 2.53. The molecule has 0 bridgehead atoms. The van der Waals surface area contributed by atoms with Crippen LogP contribution in [-0.2, 0) is 14.9 Å². The van der Waals surface area contributed by atoms with E-state index >= 15 is 0 Å². The van der Waals surface area contributed by atoms with Crippen molar-refractivity contribution >= 4 is 28.2 Å². The van der Waals surface area contributed by atoms with Crippen LogP contribution in [0.4, 0.5) is 5.00 Å². The van der Waals surface area contributed by atoms with Gasteiger partial charge in [-0.15, -0.1) is 11.3 Å². The van der Waals surface area contributed by atoms with Crippen LogP contribution in [0.5, 0.6) is 5.75 Å². The summed E-state index contributed by atoms with van der Waals surface area (Å²) in [6, 6.07) is 19.2. The molecule has 0 aliphatic carbocycles. The molecule has 3 aromatic rings. The fourth-order valence-electron chi connectivity index (χ4n) is 3.09. The Balaban J connectivity index is 1.76. The number of rotatable bonds is 7. The van der Waals surface area contributed by atoms with Crippen molar-refractivity contribution in [1.29, 1.82) is 0 Å². The highest BCUT2D eigenvalue weighted by Gasteiger charge is 2.23. The summed E-state index contributed by atoms with van der Waals surface area (Å²) in [7, 11) is 0. The van der Waals surface area contributed by atoms with E-state index in [-0.39, 0.29) is 17.9 Å². The van der Waals surface area contributed by atoms with Crippen molar-refractivity contribution in [3.63, 3.8) is 0 Å². The Kier molecular flexibility index (Phi) is 7.36. The van der Waals surface area contributed by atoms with Gasteiger partial charge in [0.25, 0.3) is 5.91 Å². The minimum atomic E-state index is -0.743. The predicted molar refractivity (Wildman–Crippen MR) is 130 cm³/mol. The Labute approximate surface area is 193 Å². The third-order valence-corrected chi connectivity index (χ3v) is 6.02. The van der Waals surface area contributed by atoms with Gasteiger partial charge in [-0.2, -0.15) is 0 Å². The molecule has 1 amide bonds. The van der Waals surface area contributed by atoms with Gasteiger partial charge in [-0.1, -0.05) is 63.2 Å². The van der Waals surface area contributed by atoms with Crippen LogP contribution < -0.4 is 10.1 Å². The zero-order valence-electron chi connectivity index (χ0n) is 19.1. The van der Waals surface area contributed by atoms with Crippen LogP contribution in [-0.4, -0.2) is 24.6 Å². The Hall–Kier alpha value is -3.12. The summed E-state index contributed by atoms with van der Waals surface area (Å²) in [5, 5.41) is 3.30. The second-order valence-corrected chi connectivity index (χ2v) is 9.52. The van der Waals surface area contributed by atoms with Crippen molar-refractivity contribution < 1.29 is 19.1 Å². The van der Waals surface area contributed by atoms with Gasteiger partial charge in [-0.05, 0) is 48.6 Å². The number of carbonyl (C=O) groups excluding carboxylic acids is 2. The molecule has 0 aliphatic rings. The Morgan fingerprint density at radius 1 is 1.03 bits per heavy atom. The highest BCUT2D eigenvalue weighted by molar-refractivity contribution is 7.20. The highest BCUT2D eigenvalue weighted by atomic mass is 32.1. The van der Waals surface area contributed by atoms with Gasteiger partial charge in [0.05, 0.1) is 12.2 Å². The van der Waals surface area contributed by atoms with Gasteiger partial charge < -0.3 is 14.8 Å². The van der Waals surface area contributed by atoms with Gasteiger partial charge in [-0.3, -0.25) is 4.79 Å². The van der Waals surface area contributed by atoms with Gasteiger partial charge in [-0.25, -0.2) is 4.79 Å². The lowest BCUT2D eigenvalue weighted by Crippen LogP contribution is -2.30. The van der Waals surface area contributed by atoms with E-state index in [1.54, 1.807) is 19.9 Å². The molecule has 1 heterocycles. The number of carbonyl (C=O) groups is 2. The molecule has 0 saturated heterocycles. The lowest BCUT2D eigenvalue weighted by molar-refractivity contribution is -0.122. The third kappa shape index (κ3) is 5.77. The first-order valence-corrected chi connectivity index (χ1v) is 11.4. The number of amides is 1. The highest BCUT2D eigenvalue weighted by Crippen LogP contribution is 2.36. The Morgan fingerprint density at radius 2 is 1.69 bits per heavy atom. The van der Waals surface area contributed by atoms with E-state index in [4.69, 9.17) is 9.47 Å². The van der Waals surface area contributed by atoms with E-state index in [9.17, 15) is 9.59 Å². The second-order valence-electron chi connectivity index (χ2n) is 8.46. The smallest absolute Gasteiger partial charge is 0.341 e. The molecular formula is C26H29NO4S. The van der Waals surface area contributed by atoms with E-state index in [1.807, 2.05) is 54.6 Å². The fraction of sp³-hybridized carbons (Fsp3) is 0.308. The number of thiophene rings is 1. The molecule has 2 aromatic carbocycles. The van der Waals surface area contributed by atoms with Gasteiger partial charge in [0, 0.05) is 4.88 Å². The van der Waals surface area contributed by atoms with E-state index in [0.29, 0.717) is 16.3 Å². The predicted octanol–water partition coefficient (Wildman–Crippen LogP) is 6.30. The monoisotopic (exact) mass is 451 g/mol. The average molecular weight is 452 g/mol. The molecule has 6 heteroatoms. The molecular weight excluding hydrogens is 422 g/mol. The summed E-state index contributed by atoms with van der Waals surface area (Å²) in [4.78, 5) is 26.2. The minimum Gasteiger partial charge on any atom is -0.481 e. The lowest BCUT2D eigenvalue weighted by Gasteiger charge is -2.20. The molecule has 1 unspecified atom stereocenters. The maximum Gasteiger partial charge on any atom is 0.341 e. The Morgan fingerprint density at radius 3 is 2.28 bits per heavy atom. The van der Waals surface area contributed by atoms with E-state index in [0.717, 1.165) is 10.4 Å². The lowest BCUT2D eigenvalue weighted by atomic mass is 9.87. The summed E-state index contributed by atoms with van der Waals surface area (Å²) in [6.07, 6.45) is -0.743. The molecule has 5 nitrogen and oxygen atoms in total. The average Bonchev–Trinajstić information content (AvgIpc) is 3.18. The summed E-state index contributed by atoms with van der Waals surface area (Å²) in [5.74, 6) is -0.188. The number of nitrogens with one attached hydrogen (secondary N) is 1. The largest absolute Gasteiger partial charge is 0.481 e. The maximum absolute atomic E-state index is 12.8. The number of hydrogen-bond acceptors (Lipinski definition) is 5. The van der Waals surface area contributed by atoms with Crippen molar-refractivity contribution in [2.45, 2.75) is 46.1 Å². The minimum absolute atomic E-state index is 0.0423. The van der Waals surface area contributed by atoms with Crippen molar-refractivity contribution in [3.8, 4) is 16.2 Å². The quantitative estimate of drug-likeness (QED) is 0.429. The maximum atomic E-state index is 12.8. The normalized spacial score (nSPS) is 12.2. The fourth-order valence-corrected chi connectivity index (χ4v) is 4.15.